The molecule has 0 fully saturated rings. The minimum Gasteiger partial charge on any atom is -0.494 e. The molecule has 0 bridgehead atoms. The van der Waals surface area contributed by atoms with Crippen LogP contribution in [-0.2, 0) is 0 Å². The van der Waals surface area contributed by atoms with Gasteiger partial charge in [0.15, 0.2) is 0 Å². The van der Waals surface area contributed by atoms with Crippen molar-refractivity contribution in [3.05, 3.63) is 23.3 Å². The third-order valence-corrected chi connectivity index (χ3v) is 1.67. The summed E-state index contributed by atoms with van der Waals surface area (Å²) in [6.07, 6.45) is 2.18. The van der Waals surface area contributed by atoms with E-state index in [9.17, 15) is 4.79 Å². The Balaban J connectivity index is 3.46. The van der Waals surface area contributed by atoms with Crippen molar-refractivity contribution in [1.82, 2.24) is 4.57 Å². The van der Waals surface area contributed by atoms with Crippen molar-refractivity contribution in [2.45, 2.75) is 0 Å². The molecule has 0 unspecified atom stereocenters. The topological polar surface area (TPSA) is 99.2 Å². The summed E-state index contributed by atoms with van der Waals surface area (Å²) in [5.41, 5.74) is -0.172. The van der Waals surface area contributed by atoms with Crippen LogP contribution >= 0.6 is 0 Å². The van der Waals surface area contributed by atoms with E-state index in [1.165, 1.54) is 13.3 Å². The van der Waals surface area contributed by atoms with E-state index in [4.69, 9.17) is 20.7 Å². The third kappa shape index (κ3) is 1.63. The van der Waals surface area contributed by atoms with Gasteiger partial charge >= 0.3 is 5.97 Å². The highest BCUT2D eigenvalue weighted by molar-refractivity contribution is 5.90. The maximum Gasteiger partial charge on any atom is 0.339 e. The molecule has 0 aliphatic heterocycles. The second-order valence-corrected chi connectivity index (χ2v) is 2.48. The second-order valence-electron chi connectivity index (χ2n) is 2.48. The zero-order valence-corrected chi connectivity index (χ0v) is 7.44. The fourth-order valence-electron chi connectivity index (χ4n) is 0.984. The Labute approximate surface area is 79.4 Å². The van der Waals surface area contributed by atoms with E-state index in [1.54, 1.807) is 0 Å². The van der Waals surface area contributed by atoms with Gasteiger partial charge in [0.05, 0.1) is 19.6 Å². The van der Waals surface area contributed by atoms with Gasteiger partial charge < -0.3 is 9.84 Å². The summed E-state index contributed by atoms with van der Waals surface area (Å²) in [6.45, 7) is 0. The minimum absolute atomic E-state index is 0.0850. The van der Waals surface area contributed by atoms with Gasteiger partial charge in [0.25, 0.3) is 0 Å². The summed E-state index contributed by atoms with van der Waals surface area (Å²) in [5.74, 6) is -1.04. The van der Waals surface area contributed by atoms with Crippen molar-refractivity contribution < 1.29 is 14.6 Å². The van der Waals surface area contributed by atoms with E-state index in [0.717, 1.165) is 17.0 Å². The molecule has 1 aromatic heterocycles. The number of pyridine rings is 1. The summed E-state index contributed by atoms with van der Waals surface area (Å²) in [7, 11) is 1.33. The van der Waals surface area contributed by atoms with Gasteiger partial charge in [-0.25, -0.2) is 4.79 Å². The van der Waals surface area contributed by atoms with Crippen molar-refractivity contribution in [1.29, 1.82) is 10.8 Å². The number of ether oxygens (including phenoxy) is 1. The smallest absolute Gasteiger partial charge is 0.339 e. The summed E-state index contributed by atoms with van der Waals surface area (Å²) >= 11 is 0. The van der Waals surface area contributed by atoms with Gasteiger partial charge in [0.2, 0.25) is 0 Å². The van der Waals surface area contributed by atoms with Crippen molar-refractivity contribution >= 4 is 12.3 Å². The summed E-state index contributed by atoms with van der Waals surface area (Å²) in [6, 6.07) is 1.13. The lowest BCUT2D eigenvalue weighted by Crippen LogP contribution is -2.20. The minimum atomic E-state index is -1.16. The standard InChI is InChI=1S/C8H9N3O3/c1-14-6-3-11(4-9)7(10)2-5(6)8(12)13/h2-4,9-10H,1H3,(H,12,13). The molecule has 1 heterocycles. The molecule has 0 spiro atoms. The molecular weight excluding hydrogens is 186 g/mol. The van der Waals surface area contributed by atoms with Crippen LogP contribution < -0.4 is 10.2 Å². The molecule has 1 rings (SSSR count). The van der Waals surface area contributed by atoms with Gasteiger partial charge in [-0.2, -0.15) is 0 Å². The molecule has 0 radical (unpaired) electrons. The molecule has 1 aromatic rings. The van der Waals surface area contributed by atoms with Crippen LogP contribution in [0.5, 0.6) is 5.75 Å². The van der Waals surface area contributed by atoms with Gasteiger partial charge in [-0.3, -0.25) is 15.4 Å². The molecule has 14 heavy (non-hydrogen) atoms. The lowest BCUT2D eigenvalue weighted by atomic mass is 10.2. The van der Waals surface area contributed by atoms with Gasteiger partial charge in [0, 0.05) is 0 Å². The average Bonchev–Trinajstić information content (AvgIpc) is 2.17. The van der Waals surface area contributed by atoms with Crippen molar-refractivity contribution in [3.63, 3.8) is 0 Å². The first kappa shape index (κ1) is 9.97. The van der Waals surface area contributed by atoms with Gasteiger partial charge in [-0.1, -0.05) is 0 Å². The average molecular weight is 195 g/mol. The molecule has 3 N–H and O–H groups in total. The van der Waals surface area contributed by atoms with E-state index >= 15 is 0 Å². The zero-order valence-electron chi connectivity index (χ0n) is 7.44. The third-order valence-electron chi connectivity index (χ3n) is 1.67. The predicted octanol–water partition coefficient (Wildman–Crippen LogP) is 0.130. The summed E-state index contributed by atoms with van der Waals surface area (Å²) in [4.78, 5) is 10.7. The molecule has 6 heteroatoms. The Morgan fingerprint density at radius 1 is 1.71 bits per heavy atom. The van der Waals surface area contributed by atoms with Crippen LogP contribution in [0.3, 0.4) is 0 Å². The lowest BCUT2D eigenvalue weighted by molar-refractivity contribution is 0.0693. The normalized spacial score (nSPS) is 9.50. The largest absolute Gasteiger partial charge is 0.494 e. The summed E-state index contributed by atoms with van der Waals surface area (Å²) in [5, 5.41) is 23.1. The SMILES string of the molecule is COc1cn(C=N)c(=N)cc1C(=O)O. The Hall–Kier alpha value is -2.11. The molecule has 0 saturated heterocycles. The maximum atomic E-state index is 10.7. The predicted molar refractivity (Wildman–Crippen MR) is 48.0 cm³/mol. The molecule has 0 amide bonds. The zero-order chi connectivity index (χ0) is 10.7. The first-order chi connectivity index (χ1) is 6.60. The van der Waals surface area contributed by atoms with Crippen LogP contribution in [0.4, 0.5) is 0 Å². The Bertz CT molecular complexity index is 436. The number of nitrogens with zero attached hydrogens (tertiary/aromatic N) is 1. The number of aromatic carboxylic acids is 1. The van der Waals surface area contributed by atoms with E-state index in [0.29, 0.717) is 0 Å². The van der Waals surface area contributed by atoms with Crippen LogP contribution in [0.25, 0.3) is 0 Å². The first-order valence-electron chi connectivity index (χ1n) is 3.68. The monoisotopic (exact) mass is 195 g/mol. The van der Waals surface area contributed by atoms with Crippen LogP contribution in [-0.4, -0.2) is 29.1 Å². The van der Waals surface area contributed by atoms with E-state index in [-0.39, 0.29) is 16.8 Å². The summed E-state index contributed by atoms with van der Waals surface area (Å²) < 4.78 is 5.96. The number of aromatic nitrogens is 1. The molecule has 6 nitrogen and oxygen atoms in total. The maximum absolute atomic E-state index is 10.7. The number of carbonyl (C=O) groups is 1. The number of carboxylic acids is 1. The number of nitrogens with one attached hydrogen (secondary N) is 2. The Kier molecular flexibility index (Phi) is 2.66. The second kappa shape index (κ2) is 3.73. The quantitative estimate of drug-likeness (QED) is 0.472. The van der Waals surface area contributed by atoms with Crippen LogP contribution in [0.15, 0.2) is 12.3 Å². The van der Waals surface area contributed by atoms with Crippen LogP contribution in [0.1, 0.15) is 10.4 Å². The molecule has 0 atom stereocenters. The number of rotatable bonds is 3. The highest BCUT2D eigenvalue weighted by Crippen LogP contribution is 2.14. The molecule has 74 valence electrons. The molecule has 0 aromatic carbocycles. The van der Waals surface area contributed by atoms with E-state index in [1.807, 2.05) is 0 Å². The first-order valence-corrected chi connectivity index (χ1v) is 3.68. The number of methoxy groups -OCH3 is 1. The van der Waals surface area contributed by atoms with Gasteiger partial charge in [0.1, 0.15) is 16.8 Å². The van der Waals surface area contributed by atoms with Gasteiger partial charge in [-0.05, 0) is 6.07 Å². The van der Waals surface area contributed by atoms with Gasteiger partial charge in [-0.15, -0.1) is 0 Å². The van der Waals surface area contributed by atoms with E-state index in [2.05, 4.69) is 0 Å². The van der Waals surface area contributed by atoms with Crippen LogP contribution in [0, 0.1) is 10.8 Å². The lowest BCUT2D eigenvalue weighted by Gasteiger charge is -2.06. The van der Waals surface area contributed by atoms with Crippen molar-refractivity contribution in [3.8, 4) is 5.75 Å². The Morgan fingerprint density at radius 2 is 2.36 bits per heavy atom. The molecule has 0 aliphatic carbocycles. The fraction of sp³-hybridized carbons (Fsp3) is 0.125. The number of hydrogen-bond acceptors (Lipinski definition) is 4. The number of hydrogen-bond donors (Lipinski definition) is 3. The van der Waals surface area contributed by atoms with Crippen LogP contribution in [0.2, 0.25) is 0 Å². The molecule has 0 saturated carbocycles. The number of carboxylic acid groups (broad SMARTS) is 1. The van der Waals surface area contributed by atoms with Crippen molar-refractivity contribution in [2.75, 3.05) is 7.11 Å². The fourth-order valence-corrected chi connectivity index (χ4v) is 0.984. The highest BCUT2D eigenvalue weighted by Gasteiger charge is 2.11. The van der Waals surface area contributed by atoms with E-state index < -0.39 is 5.97 Å². The molecule has 0 aliphatic rings. The molecular formula is C8H9N3O3. The van der Waals surface area contributed by atoms with Crippen molar-refractivity contribution in [2.24, 2.45) is 0 Å². The Morgan fingerprint density at radius 3 is 2.79 bits per heavy atom. The highest BCUT2D eigenvalue weighted by atomic mass is 16.5.